The van der Waals surface area contributed by atoms with Crippen LogP contribution in [0.1, 0.15) is 22.1 Å². The molecule has 0 aliphatic heterocycles. The normalized spacial score (nSPS) is 11.3. The summed E-state index contributed by atoms with van der Waals surface area (Å²) in [5.41, 5.74) is 1.83. The quantitative estimate of drug-likeness (QED) is 0.537. The van der Waals surface area contributed by atoms with Crippen molar-refractivity contribution in [3.8, 4) is 6.07 Å². The van der Waals surface area contributed by atoms with Crippen LogP contribution >= 0.6 is 0 Å². The van der Waals surface area contributed by atoms with Crippen molar-refractivity contribution < 1.29 is 13.9 Å². The standard InChI is InChI=1S/C14H11N7O3/c1-7-17-11-4-8(14(22)23-2)3-10(12(11)24-7)16-6-9(5-15)13-18-20-21-19-13/h3-4,6,16H,1-2H3,(H,18,19,20,21). The van der Waals surface area contributed by atoms with Crippen LogP contribution in [0.5, 0.6) is 0 Å². The fourth-order valence-electron chi connectivity index (χ4n) is 2.06. The molecule has 0 saturated carbocycles. The van der Waals surface area contributed by atoms with Crippen LogP contribution in [-0.2, 0) is 4.74 Å². The van der Waals surface area contributed by atoms with Gasteiger partial charge in [-0.05, 0) is 17.3 Å². The number of hydrogen-bond acceptors (Lipinski definition) is 9. The molecule has 0 atom stereocenters. The molecule has 3 aromatic rings. The van der Waals surface area contributed by atoms with Gasteiger partial charge in [0.2, 0.25) is 5.82 Å². The van der Waals surface area contributed by atoms with Gasteiger partial charge in [0.05, 0.1) is 18.4 Å². The minimum Gasteiger partial charge on any atom is -0.465 e. The number of carbonyl (C=O) groups excluding carboxylic acids is 1. The molecule has 0 unspecified atom stereocenters. The highest BCUT2D eigenvalue weighted by atomic mass is 16.5. The van der Waals surface area contributed by atoms with E-state index in [9.17, 15) is 10.1 Å². The molecular formula is C14H11N7O3. The van der Waals surface area contributed by atoms with Crippen molar-refractivity contribution in [3.05, 3.63) is 35.6 Å². The third-order valence-electron chi connectivity index (χ3n) is 3.10. The molecular weight excluding hydrogens is 314 g/mol. The first-order valence-electron chi connectivity index (χ1n) is 6.72. The number of oxazole rings is 1. The summed E-state index contributed by atoms with van der Waals surface area (Å²) in [6.07, 6.45) is 1.39. The van der Waals surface area contributed by atoms with Gasteiger partial charge in [0.25, 0.3) is 0 Å². The molecule has 2 heterocycles. The molecule has 0 amide bonds. The van der Waals surface area contributed by atoms with Gasteiger partial charge in [0, 0.05) is 13.1 Å². The maximum absolute atomic E-state index is 11.8. The Balaban J connectivity index is 2.04. The van der Waals surface area contributed by atoms with Crippen LogP contribution in [0, 0.1) is 18.3 Å². The summed E-state index contributed by atoms with van der Waals surface area (Å²) in [7, 11) is 1.29. The number of H-pyrrole nitrogens is 1. The minimum absolute atomic E-state index is 0.138. The molecule has 120 valence electrons. The van der Waals surface area contributed by atoms with Crippen LogP contribution in [0.15, 0.2) is 22.7 Å². The summed E-state index contributed by atoms with van der Waals surface area (Å²) in [5, 5.41) is 25.2. The molecule has 0 fully saturated rings. The van der Waals surface area contributed by atoms with Crippen molar-refractivity contribution in [1.82, 2.24) is 25.6 Å². The zero-order chi connectivity index (χ0) is 17.1. The Morgan fingerprint density at radius 1 is 1.50 bits per heavy atom. The number of carbonyl (C=O) groups is 1. The largest absolute Gasteiger partial charge is 0.465 e. The number of allylic oxidation sites excluding steroid dienone is 1. The molecule has 0 aliphatic rings. The highest BCUT2D eigenvalue weighted by molar-refractivity contribution is 5.98. The van der Waals surface area contributed by atoms with Crippen LogP contribution in [0.3, 0.4) is 0 Å². The van der Waals surface area contributed by atoms with Crippen LogP contribution in [-0.4, -0.2) is 38.7 Å². The average molecular weight is 325 g/mol. The van der Waals surface area contributed by atoms with Crippen molar-refractivity contribution in [2.75, 3.05) is 12.4 Å². The van der Waals surface area contributed by atoms with Crippen molar-refractivity contribution in [3.63, 3.8) is 0 Å². The summed E-state index contributed by atoms with van der Waals surface area (Å²) < 4.78 is 10.3. The molecule has 0 bridgehead atoms. The van der Waals surface area contributed by atoms with Gasteiger partial charge < -0.3 is 14.5 Å². The Labute approximate surface area is 135 Å². The Morgan fingerprint density at radius 3 is 3.00 bits per heavy atom. The fourth-order valence-corrected chi connectivity index (χ4v) is 2.06. The lowest BCUT2D eigenvalue weighted by molar-refractivity contribution is 0.0601. The number of methoxy groups -OCH3 is 1. The fraction of sp³-hybridized carbons (Fsp3) is 0.143. The molecule has 3 rings (SSSR count). The van der Waals surface area contributed by atoms with E-state index in [4.69, 9.17) is 9.15 Å². The predicted molar refractivity (Wildman–Crippen MR) is 81.5 cm³/mol. The van der Waals surface area contributed by atoms with Gasteiger partial charge in [-0.15, -0.1) is 10.2 Å². The second-order valence-corrected chi connectivity index (χ2v) is 4.65. The molecule has 24 heavy (non-hydrogen) atoms. The van der Waals surface area contributed by atoms with Gasteiger partial charge >= 0.3 is 5.97 Å². The van der Waals surface area contributed by atoms with Crippen molar-refractivity contribution in [2.24, 2.45) is 0 Å². The number of fused-ring (bicyclic) bond motifs is 1. The van der Waals surface area contributed by atoms with E-state index in [1.807, 2.05) is 6.07 Å². The van der Waals surface area contributed by atoms with Crippen LogP contribution in [0.4, 0.5) is 5.69 Å². The van der Waals surface area contributed by atoms with Gasteiger partial charge in [-0.2, -0.15) is 10.5 Å². The molecule has 2 aromatic heterocycles. The summed E-state index contributed by atoms with van der Waals surface area (Å²) in [5.74, 6) is 0.0695. The monoisotopic (exact) mass is 325 g/mol. The zero-order valence-electron chi connectivity index (χ0n) is 12.7. The van der Waals surface area contributed by atoms with Gasteiger partial charge in [0.1, 0.15) is 17.2 Å². The number of aromatic nitrogens is 5. The van der Waals surface area contributed by atoms with Gasteiger partial charge in [-0.1, -0.05) is 0 Å². The average Bonchev–Trinajstić information content (AvgIpc) is 3.23. The number of aryl methyl sites for hydroxylation is 1. The number of nitrogens with one attached hydrogen (secondary N) is 2. The smallest absolute Gasteiger partial charge is 0.338 e. The van der Waals surface area contributed by atoms with Gasteiger partial charge in [-0.3, -0.25) is 0 Å². The highest BCUT2D eigenvalue weighted by Gasteiger charge is 2.15. The summed E-state index contributed by atoms with van der Waals surface area (Å²) in [6, 6.07) is 5.06. The molecule has 10 nitrogen and oxygen atoms in total. The first-order valence-corrected chi connectivity index (χ1v) is 6.72. The van der Waals surface area contributed by atoms with E-state index in [1.165, 1.54) is 13.3 Å². The van der Waals surface area contributed by atoms with Gasteiger partial charge in [-0.25, -0.2) is 9.78 Å². The van der Waals surface area contributed by atoms with E-state index in [-0.39, 0.29) is 11.4 Å². The number of ether oxygens (including phenoxy) is 1. The minimum atomic E-state index is -0.511. The first-order chi connectivity index (χ1) is 11.6. The first kappa shape index (κ1) is 15.2. The number of benzene rings is 1. The van der Waals surface area contributed by atoms with E-state index in [2.05, 4.69) is 30.9 Å². The molecule has 2 N–H and O–H groups in total. The molecule has 10 heteroatoms. The molecule has 0 aliphatic carbocycles. The highest BCUT2D eigenvalue weighted by Crippen LogP contribution is 2.27. The SMILES string of the molecule is COC(=O)c1cc(NC=C(C#N)c2nn[nH]n2)c2oc(C)nc2c1. The Morgan fingerprint density at radius 2 is 2.33 bits per heavy atom. The maximum atomic E-state index is 11.8. The number of tetrazole rings is 1. The van der Waals surface area contributed by atoms with E-state index in [1.54, 1.807) is 19.1 Å². The molecule has 1 aromatic carbocycles. The lowest BCUT2D eigenvalue weighted by atomic mass is 10.1. The van der Waals surface area contributed by atoms with Crippen LogP contribution in [0.25, 0.3) is 16.7 Å². The Bertz CT molecular complexity index is 966. The number of hydrogen-bond donors (Lipinski definition) is 2. The summed E-state index contributed by atoms with van der Waals surface area (Å²) in [4.78, 5) is 16.0. The molecule has 0 spiro atoms. The Kier molecular flexibility index (Phi) is 3.90. The number of rotatable bonds is 4. The third kappa shape index (κ3) is 2.78. The van der Waals surface area contributed by atoms with Crippen molar-refractivity contribution in [1.29, 1.82) is 5.26 Å². The van der Waals surface area contributed by atoms with E-state index >= 15 is 0 Å². The summed E-state index contributed by atoms with van der Waals surface area (Å²) in [6.45, 7) is 1.69. The number of aromatic amines is 1. The Hall–Kier alpha value is -3.74. The summed E-state index contributed by atoms with van der Waals surface area (Å²) >= 11 is 0. The molecule has 0 saturated heterocycles. The molecule has 0 radical (unpaired) electrons. The zero-order valence-corrected chi connectivity index (χ0v) is 12.7. The lowest BCUT2D eigenvalue weighted by Gasteiger charge is -2.05. The second kappa shape index (κ2) is 6.17. The van der Waals surface area contributed by atoms with E-state index in [0.29, 0.717) is 28.2 Å². The second-order valence-electron chi connectivity index (χ2n) is 4.65. The number of esters is 1. The number of nitrogens with zero attached hydrogens (tertiary/aromatic N) is 5. The van der Waals surface area contributed by atoms with Crippen molar-refractivity contribution >= 4 is 28.3 Å². The number of nitriles is 1. The van der Waals surface area contributed by atoms with Crippen molar-refractivity contribution in [2.45, 2.75) is 6.92 Å². The predicted octanol–water partition coefficient (Wildman–Crippen LogP) is 1.41. The maximum Gasteiger partial charge on any atom is 0.338 e. The van der Waals surface area contributed by atoms with Gasteiger partial charge in [0.15, 0.2) is 11.5 Å². The lowest BCUT2D eigenvalue weighted by Crippen LogP contribution is -2.02. The third-order valence-corrected chi connectivity index (χ3v) is 3.10. The topological polar surface area (TPSA) is 143 Å². The van der Waals surface area contributed by atoms with Crippen LogP contribution < -0.4 is 5.32 Å². The van der Waals surface area contributed by atoms with E-state index in [0.717, 1.165) is 0 Å². The number of anilines is 1. The van der Waals surface area contributed by atoms with Crippen LogP contribution in [0.2, 0.25) is 0 Å². The van der Waals surface area contributed by atoms with E-state index < -0.39 is 5.97 Å².